The lowest BCUT2D eigenvalue weighted by Crippen LogP contribution is -2.30. The van der Waals surface area contributed by atoms with Crippen LogP contribution in [0.25, 0.3) is 0 Å². The van der Waals surface area contributed by atoms with E-state index in [0.29, 0.717) is 0 Å². The quantitative estimate of drug-likeness (QED) is 0.500. The molecule has 3 N–H and O–H groups in total. The van der Waals surface area contributed by atoms with Crippen molar-refractivity contribution in [1.82, 2.24) is 5.43 Å². The van der Waals surface area contributed by atoms with Crippen LogP contribution in [0, 0.1) is 19.7 Å². The van der Waals surface area contributed by atoms with Crippen LogP contribution in [0.15, 0.2) is 47.4 Å². The summed E-state index contributed by atoms with van der Waals surface area (Å²) < 4.78 is 12.9. The highest BCUT2D eigenvalue weighted by atomic mass is 32.2. The number of rotatable bonds is 5. The fraction of sp³-hybridized carbons (Fsp3) is 0.250. The number of hydrogen-bond donors (Lipinski definition) is 2. The molecular formula is C16H19FN2S. The van der Waals surface area contributed by atoms with Crippen molar-refractivity contribution < 1.29 is 4.39 Å². The molecule has 0 bridgehead atoms. The standard InChI is InChI=1S/C16H19FN2S/c1-11-3-4-12(2)15(9-11)16(19-18)10-20-14-7-5-13(17)6-8-14/h3-9,16,19H,10,18H2,1-2H3. The van der Waals surface area contributed by atoms with Gasteiger partial charge in [-0.05, 0) is 49.2 Å². The predicted molar refractivity (Wildman–Crippen MR) is 83.1 cm³/mol. The van der Waals surface area contributed by atoms with Crippen LogP contribution in [0.3, 0.4) is 0 Å². The first-order valence-corrected chi connectivity index (χ1v) is 7.50. The second-order valence-corrected chi connectivity index (χ2v) is 5.94. The van der Waals surface area contributed by atoms with Gasteiger partial charge in [0.15, 0.2) is 0 Å². The number of benzene rings is 2. The van der Waals surface area contributed by atoms with E-state index in [0.717, 1.165) is 10.6 Å². The zero-order valence-corrected chi connectivity index (χ0v) is 12.5. The van der Waals surface area contributed by atoms with Crippen molar-refractivity contribution in [2.75, 3.05) is 5.75 Å². The van der Waals surface area contributed by atoms with Gasteiger partial charge >= 0.3 is 0 Å². The molecule has 2 rings (SSSR count). The molecule has 0 amide bonds. The summed E-state index contributed by atoms with van der Waals surface area (Å²) in [7, 11) is 0. The molecule has 0 fully saturated rings. The Balaban J connectivity index is 2.09. The molecule has 2 nitrogen and oxygen atoms in total. The van der Waals surface area contributed by atoms with E-state index in [2.05, 4.69) is 37.5 Å². The summed E-state index contributed by atoms with van der Waals surface area (Å²) in [6.45, 7) is 4.16. The van der Waals surface area contributed by atoms with E-state index in [9.17, 15) is 4.39 Å². The van der Waals surface area contributed by atoms with Crippen LogP contribution in [-0.2, 0) is 0 Å². The highest BCUT2D eigenvalue weighted by molar-refractivity contribution is 7.99. The van der Waals surface area contributed by atoms with Crippen LogP contribution in [-0.4, -0.2) is 5.75 Å². The number of nitrogens with two attached hydrogens (primary N) is 1. The third-order valence-electron chi connectivity index (χ3n) is 3.24. The number of nitrogens with one attached hydrogen (secondary N) is 1. The average Bonchev–Trinajstić information content (AvgIpc) is 2.45. The molecule has 2 aromatic rings. The summed E-state index contributed by atoms with van der Waals surface area (Å²) in [5.74, 6) is 6.28. The Morgan fingerprint density at radius 1 is 1.15 bits per heavy atom. The molecule has 0 heterocycles. The molecule has 2 aromatic carbocycles. The second-order valence-electron chi connectivity index (χ2n) is 4.84. The van der Waals surface area contributed by atoms with Gasteiger partial charge in [-0.15, -0.1) is 11.8 Å². The molecule has 0 spiro atoms. The third kappa shape index (κ3) is 3.82. The van der Waals surface area contributed by atoms with Crippen molar-refractivity contribution in [1.29, 1.82) is 0 Å². The van der Waals surface area contributed by atoms with Gasteiger partial charge < -0.3 is 0 Å². The first-order chi connectivity index (χ1) is 9.60. The number of halogens is 1. The summed E-state index contributed by atoms with van der Waals surface area (Å²) in [6.07, 6.45) is 0. The van der Waals surface area contributed by atoms with E-state index in [-0.39, 0.29) is 11.9 Å². The summed E-state index contributed by atoms with van der Waals surface area (Å²) in [4.78, 5) is 1.04. The van der Waals surface area contributed by atoms with Crippen LogP contribution in [0.4, 0.5) is 4.39 Å². The molecule has 0 aromatic heterocycles. The molecule has 1 unspecified atom stereocenters. The Morgan fingerprint density at radius 2 is 1.85 bits per heavy atom. The number of hydrogen-bond acceptors (Lipinski definition) is 3. The SMILES string of the molecule is Cc1ccc(C)c(C(CSc2ccc(F)cc2)NN)c1. The summed E-state index contributed by atoms with van der Waals surface area (Å²) >= 11 is 1.66. The van der Waals surface area contributed by atoms with Crippen molar-refractivity contribution in [2.24, 2.45) is 5.84 Å². The van der Waals surface area contributed by atoms with Gasteiger partial charge in [-0.2, -0.15) is 0 Å². The van der Waals surface area contributed by atoms with Gasteiger partial charge in [-0.1, -0.05) is 23.8 Å². The Morgan fingerprint density at radius 3 is 2.50 bits per heavy atom. The van der Waals surface area contributed by atoms with Crippen molar-refractivity contribution in [3.63, 3.8) is 0 Å². The van der Waals surface area contributed by atoms with Crippen LogP contribution >= 0.6 is 11.8 Å². The highest BCUT2D eigenvalue weighted by Gasteiger charge is 2.13. The molecule has 0 radical (unpaired) electrons. The number of aryl methyl sites for hydroxylation is 2. The molecular weight excluding hydrogens is 271 g/mol. The maximum Gasteiger partial charge on any atom is 0.123 e. The lowest BCUT2D eigenvalue weighted by Gasteiger charge is -2.19. The lowest BCUT2D eigenvalue weighted by molar-refractivity contribution is 0.607. The fourth-order valence-corrected chi connectivity index (χ4v) is 3.04. The molecule has 0 aliphatic rings. The maximum atomic E-state index is 12.9. The van der Waals surface area contributed by atoms with E-state index in [1.807, 2.05) is 0 Å². The molecule has 20 heavy (non-hydrogen) atoms. The van der Waals surface area contributed by atoms with Gasteiger partial charge in [0.25, 0.3) is 0 Å². The minimum Gasteiger partial charge on any atom is -0.271 e. The smallest absolute Gasteiger partial charge is 0.123 e. The largest absolute Gasteiger partial charge is 0.271 e. The van der Waals surface area contributed by atoms with Gasteiger partial charge in [0.2, 0.25) is 0 Å². The summed E-state index contributed by atoms with van der Waals surface area (Å²) in [6, 6.07) is 13.0. The lowest BCUT2D eigenvalue weighted by atomic mass is 10.0. The van der Waals surface area contributed by atoms with E-state index in [4.69, 9.17) is 5.84 Å². The molecule has 106 valence electrons. The van der Waals surface area contributed by atoms with Crippen molar-refractivity contribution >= 4 is 11.8 Å². The van der Waals surface area contributed by atoms with Gasteiger partial charge in [-0.25, -0.2) is 4.39 Å². The zero-order chi connectivity index (χ0) is 14.5. The first-order valence-electron chi connectivity index (χ1n) is 6.52. The normalized spacial score (nSPS) is 12.4. The van der Waals surface area contributed by atoms with Gasteiger partial charge in [0, 0.05) is 10.6 Å². The predicted octanol–water partition coefficient (Wildman–Crippen LogP) is 3.74. The van der Waals surface area contributed by atoms with Crippen LogP contribution in [0.5, 0.6) is 0 Å². The van der Waals surface area contributed by atoms with Gasteiger partial charge in [0.05, 0.1) is 6.04 Å². The van der Waals surface area contributed by atoms with E-state index < -0.39 is 0 Å². The molecule has 0 saturated heterocycles. The maximum absolute atomic E-state index is 12.9. The van der Waals surface area contributed by atoms with E-state index >= 15 is 0 Å². The van der Waals surface area contributed by atoms with Crippen molar-refractivity contribution in [3.8, 4) is 0 Å². The minimum absolute atomic E-state index is 0.0740. The van der Waals surface area contributed by atoms with Crippen LogP contribution in [0.2, 0.25) is 0 Å². The monoisotopic (exact) mass is 290 g/mol. The molecule has 0 aliphatic carbocycles. The molecule has 4 heteroatoms. The topological polar surface area (TPSA) is 38.0 Å². The molecule has 0 saturated carbocycles. The van der Waals surface area contributed by atoms with Crippen molar-refractivity contribution in [3.05, 3.63) is 65.0 Å². The van der Waals surface area contributed by atoms with E-state index in [1.165, 1.54) is 28.8 Å². The fourth-order valence-electron chi connectivity index (χ4n) is 2.07. The van der Waals surface area contributed by atoms with Crippen LogP contribution in [0.1, 0.15) is 22.7 Å². The first kappa shape index (κ1) is 15.0. The second kappa shape index (κ2) is 6.88. The Bertz CT molecular complexity index is 569. The summed E-state index contributed by atoms with van der Waals surface area (Å²) in [5, 5.41) is 0. The number of thioether (sulfide) groups is 1. The average molecular weight is 290 g/mol. The van der Waals surface area contributed by atoms with Crippen molar-refractivity contribution in [2.45, 2.75) is 24.8 Å². The molecule has 0 aliphatic heterocycles. The Kier molecular flexibility index (Phi) is 5.17. The van der Waals surface area contributed by atoms with Crippen LogP contribution < -0.4 is 11.3 Å². The Hall–Kier alpha value is -1.36. The molecule has 1 atom stereocenters. The zero-order valence-electron chi connectivity index (χ0n) is 11.7. The highest BCUT2D eigenvalue weighted by Crippen LogP contribution is 2.26. The van der Waals surface area contributed by atoms with E-state index in [1.54, 1.807) is 23.9 Å². The summed E-state index contributed by atoms with van der Waals surface area (Å²) in [5.41, 5.74) is 6.52. The van der Waals surface area contributed by atoms with Gasteiger partial charge in [-0.3, -0.25) is 11.3 Å². The third-order valence-corrected chi connectivity index (χ3v) is 4.35. The Labute approximate surface area is 123 Å². The number of hydrazine groups is 1. The minimum atomic E-state index is -0.211. The van der Waals surface area contributed by atoms with Gasteiger partial charge in [0.1, 0.15) is 5.82 Å².